The maximum atomic E-state index is 13.5. The highest BCUT2D eigenvalue weighted by molar-refractivity contribution is 6.23. The molecule has 142 valence electrons. The summed E-state index contributed by atoms with van der Waals surface area (Å²) in [5.41, 5.74) is 3.17. The predicted octanol–water partition coefficient (Wildman–Crippen LogP) is 4.61. The predicted molar refractivity (Wildman–Crippen MR) is 111 cm³/mol. The fourth-order valence-corrected chi connectivity index (χ4v) is 3.71. The van der Waals surface area contributed by atoms with Crippen molar-refractivity contribution in [2.24, 2.45) is 0 Å². The number of hydrogen-bond acceptors (Lipinski definition) is 4. The van der Waals surface area contributed by atoms with Gasteiger partial charge in [0.05, 0.1) is 12.1 Å². The summed E-state index contributed by atoms with van der Waals surface area (Å²) in [6.45, 7) is 1.97. The van der Waals surface area contributed by atoms with Gasteiger partial charge in [0, 0.05) is 39.0 Å². The standard InChI is InChI=1S/C23H17N3O3/c1-2-29-23(28)19-11-15-13-7-4-6-10-18(13)25-20(15)21(26-19)22(27)16-12-24-17-9-5-3-8-14(16)17/h3-12,24-25H,2H2,1H3. The Morgan fingerprint density at radius 2 is 1.69 bits per heavy atom. The van der Waals surface area contributed by atoms with Crippen LogP contribution >= 0.6 is 0 Å². The molecule has 0 fully saturated rings. The van der Waals surface area contributed by atoms with E-state index in [9.17, 15) is 9.59 Å². The number of hydrogen-bond donors (Lipinski definition) is 2. The smallest absolute Gasteiger partial charge is 0.356 e. The maximum absolute atomic E-state index is 13.5. The Balaban J connectivity index is 1.79. The molecule has 0 saturated carbocycles. The number of ketones is 1. The molecule has 6 nitrogen and oxygen atoms in total. The minimum absolute atomic E-state index is 0.118. The lowest BCUT2D eigenvalue weighted by Crippen LogP contribution is -2.12. The van der Waals surface area contributed by atoms with Crippen molar-refractivity contribution in [1.29, 1.82) is 0 Å². The van der Waals surface area contributed by atoms with Crippen LogP contribution in [0.25, 0.3) is 32.7 Å². The Morgan fingerprint density at radius 1 is 0.966 bits per heavy atom. The Bertz CT molecular complexity index is 1410. The molecule has 2 N–H and O–H groups in total. The largest absolute Gasteiger partial charge is 0.461 e. The number of para-hydroxylation sites is 2. The van der Waals surface area contributed by atoms with Gasteiger partial charge in [-0.2, -0.15) is 0 Å². The van der Waals surface area contributed by atoms with E-state index < -0.39 is 5.97 Å². The second-order valence-electron chi connectivity index (χ2n) is 6.75. The minimum atomic E-state index is -0.548. The van der Waals surface area contributed by atoms with Gasteiger partial charge < -0.3 is 14.7 Å². The average Bonchev–Trinajstić information content (AvgIpc) is 3.34. The van der Waals surface area contributed by atoms with Gasteiger partial charge in [0.15, 0.2) is 0 Å². The van der Waals surface area contributed by atoms with Crippen LogP contribution in [-0.4, -0.2) is 33.3 Å². The third-order valence-corrected chi connectivity index (χ3v) is 5.03. The molecule has 0 bridgehead atoms. The molecular weight excluding hydrogens is 366 g/mol. The lowest BCUT2D eigenvalue weighted by Gasteiger charge is -2.06. The van der Waals surface area contributed by atoms with Crippen molar-refractivity contribution in [3.05, 3.63) is 77.7 Å². The van der Waals surface area contributed by atoms with Crippen LogP contribution in [0.1, 0.15) is 33.5 Å². The fourth-order valence-electron chi connectivity index (χ4n) is 3.71. The number of aromatic nitrogens is 3. The number of carbonyl (C=O) groups excluding carboxylic acids is 2. The first-order chi connectivity index (χ1) is 14.2. The molecule has 29 heavy (non-hydrogen) atoms. The van der Waals surface area contributed by atoms with Crippen molar-refractivity contribution in [3.63, 3.8) is 0 Å². The highest BCUT2D eigenvalue weighted by Gasteiger charge is 2.23. The highest BCUT2D eigenvalue weighted by atomic mass is 16.5. The Hall–Kier alpha value is -3.93. The molecule has 3 heterocycles. The normalized spacial score (nSPS) is 11.3. The summed E-state index contributed by atoms with van der Waals surface area (Å²) in [5, 5.41) is 2.50. The first-order valence-corrected chi connectivity index (χ1v) is 9.36. The molecule has 5 aromatic rings. The van der Waals surface area contributed by atoms with Crippen LogP contribution in [-0.2, 0) is 4.74 Å². The molecule has 0 spiro atoms. The van der Waals surface area contributed by atoms with E-state index in [2.05, 4.69) is 15.0 Å². The third-order valence-electron chi connectivity index (χ3n) is 5.03. The molecule has 3 aromatic heterocycles. The summed E-state index contributed by atoms with van der Waals surface area (Å²) >= 11 is 0. The van der Waals surface area contributed by atoms with Gasteiger partial charge in [-0.25, -0.2) is 9.78 Å². The molecule has 2 aromatic carbocycles. The molecule has 0 aliphatic rings. The third kappa shape index (κ3) is 2.69. The number of nitrogens with zero attached hydrogens (tertiary/aromatic N) is 1. The number of rotatable bonds is 4. The summed E-state index contributed by atoms with van der Waals surface area (Å²) in [6.07, 6.45) is 1.68. The van der Waals surface area contributed by atoms with Crippen LogP contribution in [0.15, 0.2) is 60.8 Å². The first kappa shape index (κ1) is 17.2. The molecule has 0 aliphatic heterocycles. The van der Waals surface area contributed by atoms with E-state index in [0.29, 0.717) is 11.1 Å². The monoisotopic (exact) mass is 383 g/mol. The number of ether oxygens (including phenoxy) is 1. The fraction of sp³-hybridized carbons (Fsp3) is 0.0870. The van der Waals surface area contributed by atoms with Gasteiger partial charge in [0.1, 0.15) is 11.4 Å². The molecule has 0 unspecified atom stereocenters. The SMILES string of the molecule is CCOC(=O)c1cc2c([nH]c3ccccc32)c(C(=O)c2c[nH]c3ccccc23)n1. The van der Waals surface area contributed by atoms with E-state index in [4.69, 9.17) is 4.74 Å². The summed E-state index contributed by atoms with van der Waals surface area (Å²) in [4.78, 5) is 36.7. The van der Waals surface area contributed by atoms with E-state index in [0.717, 1.165) is 27.2 Å². The lowest BCUT2D eigenvalue weighted by atomic mass is 10.0. The number of nitrogens with one attached hydrogen (secondary N) is 2. The van der Waals surface area contributed by atoms with Crippen LogP contribution in [0.2, 0.25) is 0 Å². The van der Waals surface area contributed by atoms with Gasteiger partial charge in [-0.05, 0) is 25.1 Å². The van der Waals surface area contributed by atoms with Crippen molar-refractivity contribution in [2.45, 2.75) is 6.92 Å². The van der Waals surface area contributed by atoms with Crippen LogP contribution in [0, 0.1) is 0 Å². The van der Waals surface area contributed by atoms with Crippen molar-refractivity contribution in [1.82, 2.24) is 15.0 Å². The van der Waals surface area contributed by atoms with E-state index in [1.807, 2.05) is 48.5 Å². The second-order valence-corrected chi connectivity index (χ2v) is 6.75. The van der Waals surface area contributed by atoms with Crippen molar-refractivity contribution in [2.75, 3.05) is 6.61 Å². The van der Waals surface area contributed by atoms with Crippen LogP contribution in [0.4, 0.5) is 0 Å². The van der Waals surface area contributed by atoms with Crippen LogP contribution in [0.5, 0.6) is 0 Å². The topological polar surface area (TPSA) is 87.8 Å². The van der Waals surface area contributed by atoms with Gasteiger partial charge in [0.2, 0.25) is 5.78 Å². The zero-order valence-electron chi connectivity index (χ0n) is 15.7. The number of aromatic amines is 2. The van der Waals surface area contributed by atoms with Crippen LogP contribution in [0.3, 0.4) is 0 Å². The van der Waals surface area contributed by atoms with Crippen molar-refractivity contribution >= 4 is 44.5 Å². The summed E-state index contributed by atoms with van der Waals surface area (Å²) < 4.78 is 5.13. The van der Waals surface area contributed by atoms with Gasteiger partial charge in [0.25, 0.3) is 0 Å². The molecule has 0 atom stereocenters. The lowest BCUT2D eigenvalue weighted by molar-refractivity contribution is 0.0519. The second kappa shape index (κ2) is 6.60. The number of H-pyrrole nitrogens is 2. The number of benzene rings is 2. The molecule has 0 saturated heterocycles. The zero-order valence-corrected chi connectivity index (χ0v) is 15.7. The Labute approximate surface area is 165 Å². The number of fused-ring (bicyclic) bond motifs is 4. The van der Waals surface area contributed by atoms with E-state index in [1.165, 1.54) is 0 Å². The number of esters is 1. The number of pyridine rings is 1. The van der Waals surface area contributed by atoms with Crippen molar-refractivity contribution in [3.8, 4) is 0 Å². The molecule has 0 radical (unpaired) electrons. The minimum Gasteiger partial charge on any atom is -0.461 e. The molecule has 0 aliphatic carbocycles. The number of carbonyl (C=O) groups is 2. The van der Waals surface area contributed by atoms with E-state index in [-0.39, 0.29) is 23.8 Å². The van der Waals surface area contributed by atoms with Gasteiger partial charge in [-0.15, -0.1) is 0 Å². The quantitative estimate of drug-likeness (QED) is 0.351. The first-order valence-electron chi connectivity index (χ1n) is 9.36. The summed E-state index contributed by atoms with van der Waals surface area (Å²) in [6, 6.07) is 17.0. The van der Waals surface area contributed by atoms with Gasteiger partial charge in [-0.3, -0.25) is 4.79 Å². The molecule has 5 rings (SSSR count). The average molecular weight is 383 g/mol. The summed E-state index contributed by atoms with van der Waals surface area (Å²) in [5.74, 6) is -0.808. The zero-order chi connectivity index (χ0) is 20.0. The Morgan fingerprint density at radius 3 is 2.48 bits per heavy atom. The van der Waals surface area contributed by atoms with Gasteiger partial charge in [-0.1, -0.05) is 36.4 Å². The summed E-state index contributed by atoms with van der Waals surface area (Å²) in [7, 11) is 0. The Kier molecular flexibility index (Phi) is 3.91. The molecule has 6 heteroatoms. The van der Waals surface area contributed by atoms with Crippen LogP contribution < -0.4 is 0 Å². The maximum Gasteiger partial charge on any atom is 0.356 e. The molecular formula is C23H17N3O3. The highest BCUT2D eigenvalue weighted by Crippen LogP contribution is 2.30. The van der Waals surface area contributed by atoms with E-state index >= 15 is 0 Å². The van der Waals surface area contributed by atoms with Gasteiger partial charge >= 0.3 is 5.97 Å². The van der Waals surface area contributed by atoms with Crippen molar-refractivity contribution < 1.29 is 14.3 Å². The molecule has 0 amide bonds. The van der Waals surface area contributed by atoms with E-state index in [1.54, 1.807) is 19.2 Å².